The maximum atomic E-state index is 11.9. The smallest absolute Gasteiger partial charge is 0.337 e. The molecule has 0 radical (unpaired) electrons. The summed E-state index contributed by atoms with van der Waals surface area (Å²) in [6.45, 7) is 5.64. The fourth-order valence-corrected chi connectivity index (χ4v) is 1.95. The molecule has 2 amide bonds. The molecule has 3 N–H and O–H groups in total. The molecule has 0 saturated carbocycles. The third kappa shape index (κ3) is 4.28. The van der Waals surface area contributed by atoms with Crippen molar-refractivity contribution >= 4 is 40.9 Å². The molecule has 0 saturated heterocycles. The Kier molecular flexibility index (Phi) is 5.25. The van der Waals surface area contributed by atoms with Crippen LogP contribution in [-0.2, 0) is 0 Å². The van der Waals surface area contributed by atoms with Gasteiger partial charge in [0.1, 0.15) is 0 Å². The molecule has 0 spiro atoms. The lowest BCUT2D eigenvalue weighted by molar-refractivity contribution is 0.0698. The minimum atomic E-state index is -1.22. The van der Waals surface area contributed by atoms with Crippen molar-refractivity contribution in [2.24, 2.45) is 0 Å². The van der Waals surface area contributed by atoms with E-state index in [9.17, 15) is 9.59 Å². The Balaban J connectivity index is 3.03. The van der Waals surface area contributed by atoms with Crippen molar-refractivity contribution in [1.29, 1.82) is 0 Å². The largest absolute Gasteiger partial charge is 0.478 e. The van der Waals surface area contributed by atoms with Gasteiger partial charge in [-0.25, -0.2) is 9.59 Å². The standard InChI is InChI=1S/C13H16Cl2N2O3/c1-4-13(2,3)17-12(20)16-10-8(11(18)19)5-7(14)6-9(10)15/h5-6H,4H2,1-3H3,(H,18,19)(H2,16,17,20). The lowest BCUT2D eigenvalue weighted by Gasteiger charge is -2.25. The summed E-state index contributed by atoms with van der Waals surface area (Å²) < 4.78 is 0. The van der Waals surface area contributed by atoms with E-state index in [0.29, 0.717) is 0 Å². The molecule has 0 bridgehead atoms. The molecule has 0 heterocycles. The summed E-state index contributed by atoms with van der Waals surface area (Å²) in [5, 5.41) is 14.6. The maximum Gasteiger partial charge on any atom is 0.337 e. The van der Waals surface area contributed by atoms with Crippen LogP contribution in [0.1, 0.15) is 37.6 Å². The minimum Gasteiger partial charge on any atom is -0.478 e. The number of carboxylic acid groups (broad SMARTS) is 1. The molecule has 5 nitrogen and oxygen atoms in total. The number of aromatic carboxylic acids is 1. The number of amides is 2. The van der Waals surface area contributed by atoms with E-state index >= 15 is 0 Å². The summed E-state index contributed by atoms with van der Waals surface area (Å²) in [5.74, 6) is -1.22. The van der Waals surface area contributed by atoms with E-state index < -0.39 is 17.5 Å². The molecule has 0 aliphatic heterocycles. The van der Waals surface area contributed by atoms with Gasteiger partial charge in [0.2, 0.25) is 0 Å². The monoisotopic (exact) mass is 318 g/mol. The first-order valence-electron chi connectivity index (χ1n) is 5.98. The summed E-state index contributed by atoms with van der Waals surface area (Å²) in [6, 6.07) is 2.08. The Bertz CT molecular complexity index is 545. The van der Waals surface area contributed by atoms with Crippen LogP contribution in [0.2, 0.25) is 10.0 Å². The Morgan fingerprint density at radius 2 is 1.90 bits per heavy atom. The molecule has 1 rings (SSSR count). The Hall–Kier alpha value is -1.46. The summed E-state index contributed by atoms with van der Waals surface area (Å²) in [6.07, 6.45) is 0.723. The fourth-order valence-electron chi connectivity index (χ4n) is 1.41. The molecule has 0 aliphatic carbocycles. The van der Waals surface area contributed by atoms with Crippen molar-refractivity contribution in [3.05, 3.63) is 27.7 Å². The van der Waals surface area contributed by atoms with Crippen molar-refractivity contribution in [2.45, 2.75) is 32.7 Å². The lowest BCUT2D eigenvalue weighted by Crippen LogP contribution is -2.45. The normalized spacial score (nSPS) is 11.1. The SMILES string of the molecule is CCC(C)(C)NC(=O)Nc1c(Cl)cc(Cl)cc1C(=O)O. The number of hydrogen-bond donors (Lipinski definition) is 3. The molecule has 1 aromatic rings. The van der Waals surface area contributed by atoms with Crippen LogP contribution in [0, 0.1) is 0 Å². The van der Waals surface area contributed by atoms with E-state index in [2.05, 4.69) is 10.6 Å². The zero-order chi connectivity index (χ0) is 15.5. The second-order valence-electron chi connectivity index (χ2n) is 4.93. The van der Waals surface area contributed by atoms with Crippen LogP contribution in [0.5, 0.6) is 0 Å². The third-order valence-electron chi connectivity index (χ3n) is 2.86. The van der Waals surface area contributed by atoms with Crippen molar-refractivity contribution in [1.82, 2.24) is 5.32 Å². The summed E-state index contributed by atoms with van der Waals surface area (Å²) in [5.41, 5.74) is -0.549. The van der Waals surface area contributed by atoms with E-state index in [1.807, 2.05) is 20.8 Å². The van der Waals surface area contributed by atoms with Gasteiger partial charge in [0.05, 0.1) is 16.3 Å². The van der Waals surface area contributed by atoms with Gasteiger partial charge in [0.25, 0.3) is 0 Å². The van der Waals surface area contributed by atoms with Crippen LogP contribution in [0.3, 0.4) is 0 Å². The number of nitrogens with one attached hydrogen (secondary N) is 2. The molecule has 7 heteroatoms. The van der Waals surface area contributed by atoms with Crippen LogP contribution >= 0.6 is 23.2 Å². The molecule has 20 heavy (non-hydrogen) atoms. The van der Waals surface area contributed by atoms with E-state index in [0.717, 1.165) is 6.42 Å². The second-order valence-corrected chi connectivity index (χ2v) is 5.78. The Morgan fingerprint density at radius 3 is 2.40 bits per heavy atom. The first kappa shape index (κ1) is 16.6. The van der Waals surface area contributed by atoms with Crippen LogP contribution in [-0.4, -0.2) is 22.6 Å². The number of benzene rings is 1. The first-order chi connectivity index (χ1) is 9.16. The molecule has 1 aromatic carbocycles. The maximum absolute atomic E-state index is 11.9. The van der Waals surface area contributed by atoms with Gasteiger partial charge in [-0.2, -0.15) is 0 Å². The molecular formula is C13H16Cl2N2O3. The Morgan fingerprint density at radius 1 is 1.30 bits per heavy atom. The van der Waals surface area contributed by atoms with Gasteiger partial charge in [-0.1, -0.05) is 30.1 Å². The van der Waals surface area contributed by atoms with Gasteiger partial charge < -0.3 is 15.7 Å². The predicted octanol–water partition coefficient (Wildman–Crippen LogP) is 4.00. The molecule has 110 valence electrons. The highest BCUT2D eigenvalue weighted by molar-refractivity contribution is 6.37. The number of urea groups is 1. The second kappa shape index (κ2) is 6.33. The highest BCUT2D eigenvalue weighted by Gasteiger charge is 2.21. The molecule has 0 unspecified atom stereocenters. The predicted molar refractivity (Wildman–Crippen MR) is 79.9 cm³/mol. The average molecular weight is 319 g/mol. The van der Waals surface area contributed by atoms with Crippen molar-refractivity contribution in [3.8, 4) is 0 Å². The zero-order valence-electron chi connectivity index (χ0n) is 11.4. The minimum absolute atomic E-state index is 0.0213. The van der Waals surface area contributed by atoms with Crippen molar-refractivity contribution < 1.29 is 14.7 Å². The average Bonchev–Trinajstić information content (AvgIpc) is 2.31. The van der Waals surface area contributed by atoms with Crippen LogP contribution in [0.25, 0.3) is 0 Å². The van der Waals surface area contributed by atoms with Gasteiger partial charge in [-0.3, -0.25) is 0 Å². The van der Waals surface area contributed by atoms with Gasteiger partial charge in [0.15, 0.2) is 0 Å². The van der Waals surface area contributed by atoms with Gasteiger partial charge >= 0.3 is 12.0 Å². The number of hydrogen-bond acceptors (Lipinski definition) is 2. The summed E-state index contributed by atoms with van der Waals surface area (Å²) in [4.78, 5) is 23.1. The first-order valence-corrected chi connectivity index (χ1v) is 6.73. The third-order valence-corrected chi connectivity index (χ3v) is 3.38. The van der Waals surface area contributed by atoms with Gasteiger partial charge in [-0.15, -0.1) is 0 Å². The van der Waals surface area contributed by atoms with E-state index in [1.54, 1.807) is 0 Å². The summed E-state index contributed by atoms with van der Waals surface area (Å²) in [7, 11) is 0. The van der Waals surface area contributed by atoms with Crippen LogP contribution < -0.4 is 10.6 Å². The molecule has 0 atom stereocenters. The molecular weight excluding hydrogens is 303 g/mol. The Labute approximate surface area is 127 Å². The topological polar surface area (TPSA) is 78.4 Å². The number of carboxylic acids is 1. The molecule has 0 aromatic heterocycles. The van der Waals surface area contributed by atoms with E-state index in [1.165, 1.54) is 12.1 Å². The van der Waals surface area contributed by atoms with Gasteiger partial charge in [-0.05, 0) is 32.4 Å². The van der Waals surface area contributed by atoms with Crippen LogP contribution in [0.4, 0.5) is 10.5 Å². The lowest BCUT2D eigenvalue weighted by atomic mass is 10.0. The van der Waals surface area contributed by atoms with Gasteiger partial charge in [0, 0.05) is 10.6 Å². The number of anilines is 1. The van der Waals surface area contributed by atoms with Crippen molar-refractivity contribution in [2.75, 3.05) is 5.32 Å². The highest BCUT2D eigenvalue weighted by atomic mass is 35.5. The van der Waals surface area contributed by atoms with Crippen molar-refractivity contribution in [3.63, 3.8) is 0 Å². The zero-order valence-corrected chi connectivity index (χ0v) is 12.9. The van der Waals surface area contributed by atoms with E-state index in [-0.39, 0.29) is 21.3 Å². The number of halogens is 2. The number of rotatable bonds is 4. The highest BCUT2D eigenvalue weighted by Crippen LogP contribution is 2.30. The molecule has 0 fully saturated rings. The van der Waals surface area contributed by atoms with Crippen LogP contribution in [0.15, 0.2) is 12.1 Å². The fraction of sp³-hybridized carbons (Fsp3) is 0.385. The molecule has 0 aliphatic rings. The summed E-state index contributed by atoms with van der Waals surface area (Å²) >= 11 is 11.7. The quantitative estimate of drug-likeness (QED) is 0.785. The van der Waals surface area contributed by atoms with E-state index in [4.69, 9.17) is 28.3 Å². The number of carbonyl (C=O) groups is 2. The number of carbonyl (C=O) groups excluding carboxylic acids is 1.